The number of benzene rings is 2. The number of anilines is 4. The van der Waals surface area contributed by atoms with Crippen LogP contribution in [0.3, 0.4) is 0 Å². The Labute approximate surface area is 193 Å². The number of ether oxygens (including phenoxy) is 1. The molecule has 0 fully saturated rings. The van der Waals surface area contributed by atoms with Gasteiger partial charge in [-0.2, -0.15) is 0 Å². The number of nitrogens with zero attached hydrogens (tertiary/aromatic N) is 3. The molecule has 3 N–H and O–H groups in total. The third kappa shape index (κ3) is 8.09. The summed E-state index contributed by atoms with van der Waals surface area (Å²) in [5.41, 5.74) is 1.72. The topological polar surface area (TPSA) is 91.4 Å². The van der Waals surface area contributed by atoms with Crippen LogP contribution in [-0.4, -0.2) is 48.5 Å². The number of likely N-dealkylation sites (N-methyl/N-ethyl adjacent to an activating group) is 1. The highest BCUT2D eigenvalue weighted by atomic mass is 32.2. The van der Waals surface area contributed by atoms with Gasteiger partial charge in [0, 0.05) is 42.5 Å². The first kappa shape index (κ1) is 25.0. The highest BCUT2D eigenvalue weighted by Crippen LogP contribution is 2.24. The molecule has 3 aromatic rings. The molecule has 9 heteroatoms. The minimum absolute atomic E-state index is 0.0110. The molecule has 1 aromatic heterocycles. The molecule has 2 aromatic carbocycles. The van der Waals surface area contributed by atoms with Crippen LogP contribution in [0.15, 0.2) is 65.8 Å². The number of hydrogen-bond donors (Lipinski definition) is 3. The third-order valence-electron chi connectivity index (χ3n) is 3.96. The van der Waals surface area contributed by atoms with Gasteiger partial charge in [0.2, 0.25) is 0 Å². The van der Waals surface area contributed by atoms with Crippen LogP contribution in [0.1, 0.15) is 13.8 Å². The van der Waals surface area contributed by atoms with Crippen molar-refractivity contribution in [1.82, 2.24) is 19.6 Å². The Bertz CT molecular complexity index is 999. The maximum Gasteiger partial charge on any atom is 0.259 e. The molecule has 8 nitrogen and oxygen atoms in total. The SMILES string of the molecule is CC.CNSc1cccc(Nc2cc(Nc3cccc(OCC(=O)N(C)C)c3)ncn2)c1. The van der Waals surface area contributed by atoms with Crippen molar-refractivity contribution >= 4 is 40.9 Å². The zero-order valence-electron chi connectivity index (χ0n) is 19.0. The maximum absolute atomic E-state index is 11.7. The Balaban J connectivity index is 0.00000176. The van der Waals surface area contributed by atoms with Crippen LogP contribution in [0.25, 0.3) is 0 Å². The van der Waals surface area contributed by atoms with Crippen LogP contribution >= 0.6 is 11.9 Å². The zero-order valence-corrected chi connectivity index (χ0v) is 19.9. The summed E-state index contributed by atoms with van der Waals surface area (Å²) in [5, 5.41) is 6.52. The summed E-state index contributed by atoms with van der Waals surface area (Å²) in [6.45, 7) is 3.99. The number of carbonyl (C=O) groups excluding carboxylic acids is 1. The molecule has 1 heterocycles. The van der Waals surface area contributed by atoms with E-state index in [4.69, 9.17) is 4.74 Å². The molecule has 170 valence electrons. The molecular weight excluding hydrogens is 424 g/mol. The maximum atomic E-state index is 11.7. The van der Waals surface area contributed by atoms with E-state index in [1.807, 2.05) is 69.4 Å². The molecular formula is C23H30N6O2S. The molecule has 0 radical (unpaired) electrons. The molecule has 3 rings (SSSR count). The first-order chi connectivity index (χ1) is 15.5. The van der Waals surface area contributed by atoms with E-state index in [0.29, 0.717) is 17.4 Å². The number of aromatic nitrogens is 2. The van der Waals surface area contributed by atoms with E-state index in [0.717, 1.165) is 16.3 Å². The lowest BCUT2D eigenvalue weighted by Crippen LogP contribution is -2.27. The Morgan fingerprint density at radius 3 is 2.22 bits per heavy atom. The minimum atomic E-state index is -0.0999. The first-order valence-electron chi connectivity index (χ1n) is 10.3. The summed E-state index contributed by atoms with van der Waals surface area (Å²) < 4.78 is 8.62. The largest absolute Gasteiger partial charge is 0.484 e. The number of hydrogen-bond acceptors (Lipinski definition) is 8. The minimum Gasteiger partial charge on any atom is -0.484 e. The van der Waals surface area contributed by atoms with Gasteiger partial charge in [0.15, 0.2) is 6.61 Å². The average Bonchev–Trinajstić information content (AvgIpc) is 2.80. The van der Waals surface area contributed by atoms with E-state index in [1.54, 1.807) is 32.1 Å². The highest BCUT2D eigenvalue weighted by Gasteiger charge is 2.06. The number of rotatable bonds is 9. The zero-order chi connectivity index (χ0) is 23.3. The van der Waals surface area contributed by atoms with Crippen LogP contribution < -0.4 is 20.1 Å². The first-order valence-corrected chi connectivity index (χ1v) is 11.1. The molecule has 0 aliphatic rings. The van der Waals surface area contributed by atoms with Crippen molar-refractivity contribution in [3.63, 3.8) is 0 Å². The van der Waals surface area contributed by atoms with Gasteiger partial charge in [-0.25, -0.2) is 9.97 Å². The average molecular weight is 455 g/mol. The van der Waals surface area contributed by atoms with Crippen molar-refractivity contribution in [2.45, 2.75) is 18.7 Å². The molecule has 1 amide bonds. The molecule has 0 aliphatic carbocycles. The third-order valence-corrected chi connectivity index (χ3v) is 4.65. The second-order valence-electron chi connectivity index (χ2n) is 6.48. The van der Waals surface area contributed by atoms with Crippen LogP contribution in [0, 0.1) is 0 Å². The van der Waals surface area contributed by atoms with Gasteiger partial charge in [-0.15, -0.1) is 0 Å². The lowest BCUT2D eigenvalue weighted by molar-refractivity contribution is -0.130. The van der Waals surface area contributed by atoms with E-state index >= 15 is 0 Å². The molecule has 0 saturated carbocycles. The van der Waals surface area contributed by atoms with Gasteiger partial charge in [-0.1, -0.05) is 26.0 Å². The summed E-state index contributed by atoms with van der Waals surface area (Å²) in [5.74, 6) is 1.80. The van der Waals surface area contributed by atoms with E-state index < -0.39 is 0 Å². The van der Waals surface area contributed by atoms with E-state index in [2.05, 4.69) is 25.3 Å². The molecule has 32 heavy (non-hydrogen) atoms. The summed E-state index contributed by atoms with van der Waals surface area (Å²) in [6.07, 6.45) is 1.49. The van der Waals surface area contributed by atoms with E-state index in [1.165, 1.54) is 11.2 Å². The molecule has 0 spiro atoms. The summed E-state index contributed by atoms with van der Waals surface area (Å²) >= 11 is 1.54. The smallest absolute Gasteiger partial charge is 0.259 e. The fourth-order valence-electron chi connectivity index (χ4n) is 2.48. The summed E-state index contributed by atoms with van der Waals surface area (Å²) in [7, 11) is 5.27. The van der Waals surface area contributed by atoms with Crippen molar-refractivity contribution < 1.29 is 9.53 Å². The van der Waals surface area contributed by atoms with Crippen molar-refractivity contribution in [3.05, 3.63) is 60.9 Å². The van der Waals surface area contributed by atoms with Gasteiger partial charge >= 0.3 is 0 Å². The molecule has 0 unspecified atom stereocenters. The molecule has 0 saturated heterocycles. The molecule has 0 bridgehead atoms. The van der Waals surface area contributed by atoms with Gasteiger partial charge in [0.1, 0.15) is 23.7 Å². The Hall–Kier alpha value is -3.30. The van der Waals surface area contributed by atoms with Crippen molar-refractivity contribution in [2.75, 3.05) is 38.4 Å². The standard InChI is InChI=1S/C21H24N6O2S.C2H6/c1-22-30-18-9-5-7-16(11-18)26-20-12-19(23-14-24-20)25-15-6-4-8-17(10-15)29-13-21(28)27(2)3;1-2/h4-12,14,22H,13H2,1-3H3,(H2,23,24,25,26);1-2H3. The van der Waals surface area contributed by atoms with Gasteiger partial charge in [0.05, 0.1) is 0 Å². The van der Waals surface area contributed by atoms with E-state index in [-0.39, 0.29) is 12.5 Å². The molecule has 0 aliphatic heterocycles. The van der Waals surface area contributed by atoms with Gasteiger partial charge < -0.3 is 20.3 Å². The second-order valence-corrected chi connectivity index (χ2v) is 7.56. The predicted molar refractivity (Wildman–Crippen MR) is 132 cm³/mol. The predicted octanol–water partition coefficient (Wildman–Crippen LogP) is 4.68. The number of nitrogens with one attached hydrogen (secondary N) is 3. The van der Waals surface area contributed by atoms with Gasteiger partial charge in [-0.3, -0.25) is 9.52 Å². The van der Waals surface area contributed by atoms with Crippen LogP contribution in [0.5, 0.6) is 5.75 Å². The van der Waals surface area contributed by atoms with Crippen LogP contribution in [0.4, 0.5) is 23.0 Å². The Morgan fingerprint density at radius 2 is 1.59 bits per heavy atom. The highest BCUT2D eigenvalue weighted by molar-refractivity contribution is 7.97. The normalized spacial score (nSPS) is 9.91. The lowest BCUT2D eigenvalue weighted by atomic mass is 10.3. The summed E-state index contributed by atoms with van der Waals surface area (Å²) in [6, 6.07) is 17.2. The fourth-order valence-corrected chi connectivity index (χ4v) is 3.05. The second kappa shape index (κ2) is 13.2. The van der Waals surface area contributed by atoms with Crippen molar-refractivity contribution in [3.8, 4) is 5.75 Å². The number of amides is 1. The lowest BCUT2D eigenvalue weighted by Gasteiger charge is -2.13. The number of carbonyl (C=O) groups is 1. The fraction of sp³-hybridized carbons (Fsp3) is 0.261. The monoisotopic (exact) mass is 454 g/mol. The Kier molecular flexibility index (Phi) is 10.3. The van der Waals surface area contributed by atoms with E-state index in [9.17, 15) is 4.79 Å². The summed E-state index contributed by atoms with van der Waals surface area (Å²) in [4.78, 5) is 22.8. The molecule has 0 atom stereocenters. The van der Waals surface area contributed by atoms with Crippen LogP contribution in [-0.2, 0) is 4.79 Å². The van der Waals surface area contributed by atoms with Gasteiger partial charge in [-0.05, 0) is 49.3 Å². The van der Waals surface area contributed by atoms with Gasteiger partial charge in [0.25, 0.3) is 5.91 Å². The van der Waals surface area contributed by atoms with Crippen molar-refractivity contribution in [2.24, 2.45) is 0 Å². The Morgan fingerprint density at radius 1 is 0.969 bits per heavy atom. The van der Waals surface area contributed by atoms with Crippen LogP contribution in [0.2, 0.25) is 0 Å². The quantitative estimate of drug-likeness (QED) is 0.401. The van der Waals surface area contributed by atoms with Crippen molar-refractivity contribution in [1.29, 1.82) is 0 Å².